The predicted molar refractivity (Wildman–Crippen MR) is 128 cm³/mol. The van der Waals surface area contributed by atoms with Crippen LogP contribution in [0.25, 0.3) is 11.0 Å². The molecular weight excluding hydrogens is 424 g/mol. The third kappa shape index (κ3) is 4.71. The van der Waals surface area contributed by atoms with E-state index in [0.29, 0.717) is 25.0 Å². The monoisotopic (exact) mass is 456 g/mol. The van der Waals surface area contributed by atoms with Gasteiger partial charge in [-0.15, -0.1) is 0 Å². The first-order chi connectivity index (χ1) is 15.1. The van der Waals surface area contributed by atoms with Crippen LogP contribution in [0.2, 0.25) is 0 Å². The number of carbonyl (C=O) groups is 1. The summed E-state index contributed by atoms with van der Waals surface area (Å²) in [7, 11) is -1.66. The second-order valence-electron chi connectivity index (χ2n) is 8.15. The topological polar surface area (TPSA) is 84.3 Å². The number of nitrogens with zero attached hydrogens (tertiary/aromatic N) is 3. The maximum absolute atomic E-state index is 12.8. The first-order valence-corrected chi connectivity index (χ1v) is 12.4. The second-order valence-corrected chi connectivity index (χ2v) is 10.1. The van der Waals surface area contributed by atoms with E-state index in [2.05, 4.69) is 22.4 Å². The molecule has 1 amide bonds. The van der Waals surface area contributed by atoms with Gasteiger partial charge < -0.3 is 9.88 Å². The summed E-state index contributed by atoms with van der Waals surface area (Å²) in [5.74, 6) is 0.668. The highest BCUT2D eigenvalue weighted by atomic mass is 32.2. The smallest absolute Gasteiger partial charge is 0.243 e. The summed E-state index contributed by atoms with van der Waals surface area (Å²) in [4.78, 5) is 17.5. The Balaban J connectivity index is 1.79. The third-order valence-corrected chi connectivity index (χ3v) is 7.85. The normalized spacial score (nSPS) is 12.0. The van der Waals surface area contributed by atoms with Gasteiger partial charge in [0.2, 0.25) is 15.9 Å². The number of nitrogens with one attached hydrogen (secondary N) is 1. The van der Waals surface area contributed by atoms with Gasteiger partial charge in [-0.2, -0.15) is 4.31 Å². The fourth-order valence-corrected chi connectivity index (χ4v) is 5.61. The predicted octanol–water partition coefficient (Wildman–Crippen LogP) is 4.10. The quantitative estimate of drug-likeness (QED) is 0.553. The third-order valence-electron chi connectivity index (χ3n) is 5.81. The molecule has 172 valence electrons. The summed E-state index contributed by atoms with van der Waals surface area (Å²) in [6, 6.07) is 9.12. The largest absolute Gasteiger partial charge is 0.331 e. The molecule has 0 saturated heterocycles. The van der Waals surface area contributed by atoms with Crippen LogP contribution in [0.3, 0.4) is 0 Å². The Kier molecular flexibility index (Phi) is 7.05. The number of carbonyl (C=O) groups excluding carboxylic acids is 1. The lowest BCUT2D eigenvalue weighted by Crippen LogP contribution is -2.30. The molecule has 1 aromatic heterocycles. The van der Waals surface area contributed by atoms with E-state index in [0.717, 1.165) is 28.2 Å². The molecule has 0 spiro atoms. The molecule has 0 bridgehead atoms. The molecule has 1 N–H and O–H groups in total. The average Bonchev–Trinajstić information content (AvgIpc) is 3.05. The van der Waals surface area contributed by atoms with E-state index in [1.54, 1.807) is 18.2 Å². The molecule has 1 heterocycles. The van der Waals surface area contributed by atoms with Crippen molar-refractivity contribution >= 4 is 32.7 Å². The van der Waals surface area contributed by atoms with E-state index >= 15 is 0 Å². The molecule has 0 aliphatic carbocycles. The number of aromatic nitrogens is 2. The lowest BCUT2D eigenvalue weighted by molar-refractivity contribution is -0.116. The van der Waals surface area contributed by atoms with Gasteiger partial charge >= 0.3 is 0 Å². The molecule has 0 fully saturated rings. The number of sulfonamides is 1. The standard InChI is InChI=1S/C24H32N4O3S/c1-7-28(8-2)32(30,31)19-9-10-21-20(15-19)25-22(27(21)6)11-12-23(29)26-24-17(4)13-16(3)14-18(24)5/h9-10,13-15H,7-8,11-12H2,1-6H3,(H,26,29). The van der Waals surface area contributed by atoms with Crippen LogP contribution in [0.15, 0.2) is 35.2 Å². The van der Waals surface area contributed by atoms with Crippen molar-refractivity contribution in [1.82, 2.24) is 13.9 Å². The minimum absolute atomic E-state index is 0.0723. The maximum Gasteiger partial charge on any atom is 0.243 e. The summed E-state index contributed by atoms with van der Waals surface area (Å²) < 4.78 is 29.0. The summed E-state index contributed by atoms with van der Waals surface area (Å²) in [5.41, 5.74) is 5.56. The number of aryl methyl sites for hydroxylation is 5. The number of hydrogen-bond donors (Lipinski definition) is 1. The van der Waals surface area contributed by atoms with Crippen molar-refractivity contribution in [2.24, 2.45) is 7.05 Å². The van der Waals surface area contributed by atoms with Crippen LogP contribution in [-0.2, 0) is 28.3 Å². The number of fused-ring (bicyclic) bond motifs is 1. The van der Waals surface area contributed by atoms with Gasteiger partial charge in [0.1, 0.15) is 5.82 Å². The van der Waals surface area contributed by atoms with Gasteiger partial charge in [-0.05, 0) is 50.1 Å². The summed E-state index contributed by atoms with van der Waals surface area (Å²) in [6.45, 7) is 10.5. The first kappa shape index (κ1) is 23.9. The molecule has 3 rings (SSSR count). The van der Waals surface area contributed by atoms with Crippen molar-refractivity contribution in [3.63, 3.8) is 0 Å². The Morgan fingerprint density at radius 1 is 1.06 bits per heavy atom. The first-order valence-electron chi connectivity index (χ1n) is 10.9. The highest BCUT2D eigenvalue weighted by molar-refractivity contribution is 7.89. The molecule has 0 atom stereocenters. The number of benzene rings is 2. The number of amides is 1. The van der Waals surface area contributed by atoms with E-state index in [1.165, 1.54) is 9.87 Å². The van der Waals surface area contributed by atoms with Crippen LogP contribution in [-0.4, -0.2) is 41.3 Å². The molecular formula is C24H32N4O3S. The molecule has 0 aliphatic rings. The van der Waals surface area contributed by atoms with Gasteiger partial charge in [0.05, 0.1) is 15.9 Å². The van der Waals surface area contributed by atoms with Crippen LogP contribution in [0.4, 0.5) is 5.69 Å². The molecule has 0 radical (unpaired) electrons. The highest BCUT2D eigenvalue weighted by Crippen LogP contribution is 2.24. The van der Waals surface area contributed by atoms with E-state index < -0.39 is 10.0 Å². The summed E-state index contributed by atoms with van der Waals surface area (Å²) in [6.07, 6.45) is 0.744. The van der Waals surface area contributed by atoms with Crippen LogP contribution in [0, 0.1) is 20.8 Å². The van der Waals surface area contributed by atoms with Crippen LogP contribution >= 0.6 is 0 Å². The van der Waals surface area contributed by atoms with Crippen molar-refractivity contribution < 1.29 is 13.2 Å². The maximum atomic E-state index is 12.8. The zero-order valence-corrected chi connectivity index (χ0v) is 20.5. The minimum atomic E-state index is -3.55. The van der Waals surface area contributed by atoms with Crippen molar-refractivity contribution in [3.8, 4) is 0 Å². The van der Waals surface area contributed by atoms with Crippen molar-refractivity contribution in [3.05, 3.63) is 52.8 Å². The van der Waals surface area contributed by atoms with E-state index in [9.17, 15) is 13.2 Å². The fourth-order valence-electron chi connectivity index (χ4n) is 4.13. The molecule has 32 heavy (non-hydrogen) atoms. The van der Waals surface area contributed by atoms with Crippen molar-refractivity contribution in [2.45, 2.75) is 52.4 Å². The van der Waals surface area contributed by atoms with Gasteiger partial charge in [-0.3, -0.25) is 4.79 Å². The van der Waals surface area contributed by atoms with E-state index in [1.807, 2.05) is 46.2 Å². The number of rotatable bonds is 8. The Hall–Kier alpha value is -2.71. The molecule has 3 aromatic rings. The van der Waals surface area contributed by atoms with Gasteiger partial charge in [0.15, 0.2) is 0 Å². The van der Waals surface area contributed by atoms with Crippen LogP contribution in [0.1, 0.15) is 42.8 Å². The molecule has 0 saturated carbocycles. The highest BCUT2D eigenvalue weighted by Gasteiger charge is 2.23. The summed E-state index contributed by atoms with van der Waals surface area (Å²) in [5, 5.41) is 3.02. The zero-order valence-electron chi connectivity index (χ0n) is 19.7. The van der Waals surface area contributed by atoms with E-state index in [-0.39, 0.29) is 17.2 Å². The Morgan fingerprint density at radius 3 is 2.28 bits per heavy atom. The molecule has 0 unspecified atom stereocenters. The molecule has 7 nitrogen and oxygen atoms in total. The van der Waals surface area contributed by atoms with Gasteiger partial charge in [0, 0.05) is 38.7 Å². The molecule has 0 aliphatic heterocycles. The van der Waals surface area contributed by atoms with Gasteiger partial charge in [0.25, 0.3) is 0 Å². The Labute approximate surface area is 190 Å². The van der Waals surface area contributed by atoms with Crippen molar-refractivity contribution in [2.75, 3.05) is 18.4 Å². The molecule has 2 aromatic carbocycles. The van der Waals surface area contributed by atoms with Crippen molar-refractivity contribution in [1.29, 1.82) is 0 Å². The number of anilines is 1. The SMILES string of the molecule is CCN(CC)S(=O)(=O)c1ccc2c(c1)nc(CCC(=O)Nc1c(C)cc(C)cc1C)n2C. The lowest BCUT2D eigenvalue weighted by atomic mass is 10.0. The number of imidazole rings is 1. The number of hydrogen-bond acceptors (Lipinski definition) is 4. The average molecular weight is 457 g/mol. The zero-order chi connectivity index (χ0) is 23.6. The van der Waals surface area contributed by atoms with Gasteiger partial charge in [-0.1, -0.05) is 31.5 Å². The fraction of sp³-hybridized carbons (Fsp3) is 0.417. The second kappa shape index (κ2) is 9.42. The minimum Gasteiger partial charge on any atom is -0.331 e. The molecule has 8 heteroatoms. The summed E-state index contributed by atoms with van der Waals surface area (Å²) >= 11 is 0. The Morgan fingerprint density at radius 2 is 1.69 bits per heavy atom. The van der Waals surface area contributed by atoms with Crippen LogP contribution < -0.4 is 5.32 Å². The van der Waals surface area contributed by atoms with Gasteiger partial charge in [-0.25, -0.2) is 13.4 Å². The van der Waals surface area contributed by atoms with Crippen LogP contribution in [0.5, 0.6) is 0 Å². The Bertz CT molecular complexity index is 1230. The lowest BCUT2D eigenvalue weighted by Gasteiger charge is -2.18. The van der Waals surface area contributed by atoms with E-state index in [4.69, 9.17) is 0 Å².